The van der Waals surface area contributed by atoms with E-state index in [2.05, 4.69) is 31.9 Å². The van der Waals surface area contributed by atoms with Gasteiger partial charge in [-0.3, -0.25) is 52.7 Å². The van der Waals surface area contributed by atoms with Crippen LogP contribution in [0.15, 0.2) is 146 Å². The minimum absolute atomic E-state index is 0.00110. The average Bonchev–Trinajstić information content (AvgIpc) is 1.59. The van der Waals surface area contributed by atoms with Gasteiger partial charge in [0.1, 0.15) is 42.6 Å². The molecule has 0 spiro atoms. The molecule has 108 heavy (non-hydrogen) atoms. The van der Waals surface area contributed by atoms with Gasteiger partial charge in [0.2, 0.25) is 41.4 Å². The number of hydrogen-bond donors (Lipinski definition) is 8. The zero-order valence-electron chi connectivity index (χ0n) is 63.2. The molecule has 574 valence electrons. The van der Waals surface area contributed by atoms with Crippen LogP contribution in [0.4, 0.5) is 0 Å². The van der Waals surface area contributed by atoms with Crippen molar-refractivity contribution in [1.29, 1.82) is 0 Å². The number of ether oxygens (including phenoxy) is 2. The minimum atomic E-state index is -1.51. The number of carboxylic acid groups (broad SMARTS) is 2. The number of nitrogens with zero attached hydrogens (tertiary/aromatic N) is 3. The second-order valence-electron chi connectivity index (χ2n) is 30.9. The van der Waals surface area contributed by atoms with Crippen molar-refractivity contribution in [1.82, 2.24) is 46.6 Å². The van der Waals surface area contributed by atoms with Crippen molar-refractivity contribution in [2.24, 2.45) is 22.7 Å². The molecule has 6 aromatic carbocycles. The average molecular weight is 1480 g/mol. The maximum absolute atomic E-state index is 15.2. The number of fused-ring (bicyclic) bond motifs is 2. The van der Waals surface area contributed by atoms with Crippen molar-refractivity contribution in [3.05, 3.63) is 173 Å². The van der Waals surface area contributed by atoms with E-state index in [1.165, 1.54) is 40.8 Å². The van der Waals surface area contributed by atoms with Gasteiger partial charge in [-0.1, -0.05) is 157 Å². The topological polar surface area (TPSA) is 346 Å². The number of amides is 8. The van der Waals surface area contributed by atoms with Crippen LogP contribution < -0.4 is 36.6 Å². The summed E-state index contributed by atoms with van der Waals surface area (Å²) in [7, 11) is 3.09. The molecule has 0 aromatic heterocycles. The first-order valence-corrected chi connectivity index (χ1v) is 36.7. The van der Waals surface area contributed by atoms with Gasteiger partial charge in [0, 0.05) is 76.7 Å². The van der Waals surface area contributed by atoms with Gasteiger partial charge in [0.15, 0.2) is 11.6 Å². The first-order valence-electron chi connectivity index (χ1n) is 36.7. The molecule has 2 saturated heterocycles. The number of Topliss-reactive ketones (excluding diaryl/α,β-unsaturated/α-hetero) is 2. The third-order valence-corrected chi connectivity index (χ3v) is 20.8. The van der Waals surface area contributed by atoms with Gasteiger partial charge in [-0.25, -0.2) is 4.79 Å². The summed E-state index contributed by atoms with van der Waals surface area (Å²) in [5, 5.41) is 42.2. The largest absolute Gasteiger partial charge is 0.490 e. The van der Waals surface area contributed by atoms with Crippen LogP contribution in [-0.2, 0) is 83.2 Å². The number of nitrogens with one attached hydrogen (secondary N) is 6. The molecule has 0 aliphatic carbocycles. The number of ketones is 2. The standard InChI is InChI=1S/C83H101N9O16/c1-48(84-10)73(96)89-72(83(7,8)9)79(102)91-46-61-43-68(91)76(99)87-66(41-54-25-29-56-19-13-15-21-59(56)38-54)75(98)88-67(81(105)106)39-52-26-32-62(33-27-52)107-34-16-17-35-108-63-44-69(92(47-63)78(101)64(82(4,5)6)45-70(94)49(2)90(11)50(3)93)77(100)86-65(40-53-24-28-55-18-12-14-20-58(55)37-53)71(95)42-60(80(103)104)36-51-22-30-57(31-23-51)74(97)85-61/h12-33,37-38,48-49,60-61,63-69,72,84H,34-36,39-47H2,1-11H3,(H,85,97)(H,86,100)(H,87,99)(H,88,98)(H,89,96)(H,103,104)(H,105,106)/b17-16+/t48-,49-,60+,61-,63-,64+,65-,66-,67-,68-,69-,72+/m0/s1. The smallest absolute Gasteiger partial charge is 0.326 e. The number of carbonyl (C=O) groups excluding carboxylic acids is 10. The molecule has 2 fully saturated rings. The van der Waals surface area contributed by atoms with Crippen LogP contribution in [0.1, 0.15) is 121 Å². The number of benzene rings is 6. The Bertz CT molecular complexity index is 4360. The number of likely N-dealkylation sites (N-methyl/N-ethyl adjacent to an activating group) is 2. The Labute approximate surface area is 629 Å². The third-order valence-electron chi connectivity index (χ3n) is 20.8. The van der Waals surface area contributed by atoms with E-state index < -0.39 is 149 Å². The maximum atomic E-state index is 15.2. The highest BCUT2D eigenvalue weighted by Crippen LogP contribution is 2.36. The van der Waals surface area contributed by atoms with E-state index in [0.717, 1.165) is 21.5 Å². The molecular formula is C83H101N9O16. The predicted molar refractivity (Wildman–Crippen MR) is 406 cm³/mol. The second-order valence-corrected chi connectivity index (χ2v) is 30.9. The molecule has 12 atom stereocenters. The lowest BCUT2D eigenvalue weighted by molar-refractivity contribution is -0.148. The Balaban J connectivity index is 1.05. The van der Waals surface area contributed by atoms with Gasteiger partial charge in [0.05, 0.1) is 36.8 Å². The van der Waals surface area contributed by atoms with E-state index in [-0.39, 0.29) is 88.5 Å². The molecule has 8 amide bonds. The molecule has 25 nitrogen and oxygen atoms in total. The second kappa shape index (κ2) is 35.8. The molecule has 0 unspecified atom stereocenters. The maximum Gasteiger partial charge on any atom is 0.326 e. The van der Waals surface area contributed by atoms with E-state index in [9.17, 15) is 43.8 Å². The third kappa shape index (κ3) is 21.1. The van der Waals surface area contributed by atoms with Gasteiger partial charge in [-0.2, -0.15) is 0 Å². The number of likely N-dealkylation sites (tertiary alicyclic amines) is 2. The summed E-state index contributed by atoms with van der Waals surface area (Å²) >= 11 is 0. The number of aliphatic carboxylic acids is 2. The first-order chi connectivity index (χ1) is 51.1. The molecule has 0 radical (unpaired) electrons. The molecule has 6 aliphatic rings. The fourth-order valence-electron chi connectivity index (χ4n) is 14.0. The van der Waals surface area contributed by atoms with E-state index in [1.807, 2.05) is 78.9 Å². The molecule has 6 aromatic rings. The molecule has 6 aliphatic heterocycles. The molecule has 8 bridgehead atoms. The zero-order chi connectivity index (χ0) is 78.5. The van der Waals surface area contributed by atoms with Crippen molar-refractivity contribution in [3.8, 4) is 5.75 Å². The monoisotopic (exact) mass is 1480 g/mol. The number of carbonyl (C=O) groups is 12. The summed E-state index contributed by atoms with van der Waals surface area (Å²) in [5.74, 6) is -10.6. The summed E-state index contributed by atoms with van der Waals surface area (Å²) in [6.45, 7) is 14.9. The van der Waals surface area contributed by atoms with Gasteiger partial charge >= 0.3 is 11.9 Å². The van der Waals surface area contributed by atoms with E-state index in [1.54, 1.807) is 117 Å². The van der Waals surface area contributed by atoms with Crippen molar-refractivity contribution in [2.45, 2.75) is 174 Å². The first kappa shape index (κ1) is 81.4. The van der Waals surface area contributed by atoms with Gasteiger partial charge in [0.25, 0.3) is 5.91 Å². The minimum Gasteiger partial charge on any atom is -0.490 e. The molecular weight excluding hydrogens is 1380 g/mol. The predicted octanol–water partition coefficient (Wildman–Crippen LogP) is 6.72. The van der Waals surface area contributed by atoms with Crippen molar-refractivity contribution < 1.29 is 77.2 Å². The van der Waals surface area contributed by atoms with Gasteiger partial charge in [-0.15, -0.1) is 0 Å². The Morgan fingerprint density at radius 2 is 1.15 bits per heavy atom. The Hall–Kier alpha value is -10.7. The normalized spacial score (nSPS) is 22.5. The van der Waals surface area contributed by atoms with Crippen LogP contribution in [0.2, 0.25) is 0 Å². The van der Waals surface area contributed by atoms with Crippen molar-refractivity contribution in [3.63, 3.8) is 0 Å². The number of rotatable bonds is 15. The molecule has 25 heteroatoms. The number of carboxylic acids is 2. The fraction of sp³-hybridized carbons (Fsp3) is 0.446. The summed E-state index contributed by atoms with van der Waals surface area (Å²) in [5.41, 5.74) is 0.530. The van der Waals surface area contributed by atoms with Crippen LogP contribution in [0.3, 0.4) is 0 Å². The van der Waals surface area contributed by atoms with E-state index >= 15 is 24.0 Å². The molecule has 0 saturated carbocycles. The van der Waals surface area contributed by atoms with Crippen LogP contribution in [0, 0.1) is 22.7 Å². The van der Waals surface area contributed by atoms with E-state index in [4.69, 9.17) is 9.47 Å². The Morgan fingerprint density at radius 1 is 0.602 bits per heavy atom. The highest BCUT2D eigenvalue weighted by molar-refractivity contribution is 6.00. The lowest BCUT2D eigenvalue weighted by Crippen LogP contribution is -2.61. The van der Waals surface area contributed by atoms with E-state index in [0.29, 0.717) is 28.0 Å². The SMILES string of the molecule is CN[C@@H](C)C(=O)N[C@H](C(=O)N1C[C@@H]2C[C@H]1C(=O)N[C@@H](Cc1ccc3ccccc3c1)C(=O)N[C@H](C(=O)O)Cc1ccc(cc1)OC/C=C/CO[C@H]1C[C@@H](C(=O)N[C@@H](Cc3ccc4ccccc4c3)C(=O)C[C@H](C(=O)O)Cc3ccc(cc3)C(=O)N2)N(C(=O)[C@@H](CC(=O)[C@H](C)N(C)C(C)=O)C(C)(C)C)C1)C(C)(C)C. The number of hydrogen-bond acceptors (Lipinski definition) is 15. The summed E-state index contributed by atoms with van der Waals surface area (Å²) in [6.07, 6.45) is 1.03. The molecule has 8 N–H and O–H groups in total. The lowest BCUT2D eigenvalue weighted by Gasteiger charge is -2.36. The summed E-state index contributed by atoms with van der Waals surface area (Å²) in [4.78, 5) is 175. The fourth-order valence-corrected chi connectivity index (χ4v) is 14.0. The van der Waals surface area contributed by atoms with Gasteiger partial charge in [-0.05, 0) is 125 Å². The van der Waals surface area contributed by atoms with Crippen molar-refractivity contribution >= 4 is 92.3 Å². The molecule has 12 rings (SSSR count). The zero-order valence-corrected chi connectivity index (χ0v) is 63.2. The van der Waals surface area contributed by atoms with Gasteiger partial charge < -0.3 is 66.3 Å². The Morgan fingerprint density at radius 3 is 1.71 bits per heavy atom. The van der Waals surface area contributed by atoms with Crippen LogP contribution in [0.5, 0.6) is 5.75 Å². The highest BCUT2D eigenvalue weighted by atomic mass is 16.5. The van der Waals surface area contributed by atoms with Crippen LogP contribution in [0.25, 0.3) is 21.5 Å². The van der Waals surface area contributed by atoms with Crippen LogP contribution >= 0.6 is 0 Å². The lowest BCUT2D eigenvalue weighted by atomic mass is 9.76. The quantitative estimate of drug-likeness (QED) is 0.0494. The van der Waals surface area contributed by atoms with Crippen LogP contribution in [-0.4, -0.2) is 197 Å². The summed E-state index contributed by atoms with van der Waals surface area (Å²) < 4.78 is 12.4. The van der Waals surface area contributed by atoms with Crippen molar-refractivity contribution in [2.75, 3.05) is 40.4 Å². The Kier molecular flexibility index (Phi) is 27.0. The molecule has 6 heterocycles. The summed E-state index contributed by atoms with van der Waals surface area (Å²) in [6, 6.07) is 28.2. The highest BCUT2D eigenvalue weighted by Gasteiger charge is 2.49.